The first-order valence-electron chi connectivity index (χ1n) is 8.30. The molecule has 28 heavy (non-hydrogen) atoms. The summed E-state index contributed by atoms with van der Waals surface area (Å²) in [6, 6.07) is 10.9. The van der Waals surface area contributed by atoms with Crippen molar-refractivity contribution in [1.29, 1.82) is 0 Å². The van der Waals surface area contributed by atoms with Gasteiger partial charge in [-0.3, -0.25) is 24.6 Å². The van der Waals surface area contributed by atoms with Crippen LogP contribution in [0.4, 0.5) is 10.5 Å². The van der Waals surface area contributed by atoms with Gasteiger partial charge in [-0.1, -0.05) is 29.8 Å². The summed E-state index contributed by atoms with van der Waals surface area (Å²) in [6.07, 6.45) is 1.60. The second kappa shape index (κ2) is 8.45. The minimum absolute atomic E-state index is 0.0457. The summed E-state index contributed by atoms with van der Waals surface area (Å²) < 4.78 is 5.38. The van der Waals surface area contributed by atoms with Crippen LogP contribution in [0.1, 0.15) is 18.1 Å². The van der Waals surface area contributed by atoms with Gasteiger partial charge in [0.05, 0.1) is 28.0 Å². The Morgan fingerprint density at radius 2 is 1.93 bits per heavy atom. The maximum atomic E-state index is 12.6. The number of carbonyl (C=O) groups excluding carboxylic acids is 2. The highest BCUT2D eigenvalue weighted by Crippen LogP contribution is 2.34. The van der Waals surface area contributed by atoms with Crippen molar-refractivity contribution in [2.75, 3.05) is 6.61 Å². The first-order valence-corrected chi connectivity index (χ1v) is 9.49. The molecule has 9 heteroatoms. The first kappa shape index (κ1) is 19.9. The van der Waals surface area contributed by atoms with Crippen molar-refractivity contribution in [2.45, 2.75) is 13.5 Å². The standard InChI is InChI=1S/C19H15ClN2O5S/c1-2-27-16-8-5-13(9-15(16)20)10-17-18(23)21(19(24)28-17)11-12-3-6-14(7-4-12)22(25)26/h3-10H,2,11H2,1H3/b17-10-. The van der Waals surface area contributed by atoms with Gasteiger partial charge < -0.3 is 4.74 Å². The van der Waals surface area contributed by atoms with Gasteiger partial charge in [0.1, 0.15) is 5.75 Å². The fourth-order valence-corrected chi connectivity index (χ4v) is 3.65. The highest BCUT2D eigenvalue weighted by atomic mass is 35.5. The van der Waals surface area contributed by atoms with Gasteiger partial charge in [-0.05, 0) is 48.0 Å². The minimum atomic E-state index is -0.505. The lowest BCUT2D eigenvalue weighted by Crippen LogP contribution is -2.27. The number of amides is 2. The monoisotopic (exact) mass is 418 g/mol. The topological polar surface area (TPSA) is 89.8 Å². The lowest BCUT2D eigenvalue weighted by Gasteiger charge is -2.12. The van der Waals surface area contributed by atoms with Crippen molar-refractivity contribution < 1.29 is 19.2 Å². The van der Waals surface area contributed by atoms with E-state index in [9.17, 15) is 19.7 Å². The van der Waals surface area contributed by atoms with Crippen molar-refractivity contribution in [3.8, 4) is 5.75 Å². The zero-order chi connectivity index (χ0) is 20.3. The third kappa shape index (κ3) is 4.35. The smallest absolute Gasteiger partial charge is 0.293 e. The van der Waals surface area contributed by atoms with Gasteiger partial charge in [-0.25, -0.2) is 0 Å². The van der Waals surface area contributed by atoms with E-state index in [1.807, 2.05) is 6.92 Å². The van der Waals surface area contributed by atoms with E-state index in [1.165, 1.54) is 24.3 Å². The SMILES string of the molecule is CCOc1ccc(/C=C2\SC(=O)N(Cc3ccc([N+](=O)[O-])cc3)C2=O)cc1Cl. The van der Waals surface area contributed by atoms with Crippen molar-refractivity contribution >= 4 is 46.3 Å². The summed E-state index contributed by atoms with van der Waals surface area (Å²) in [4.78, 5) is 36.4. The van der Waals surface area contributed by atoms with E-state index in [2.05, 4.69) is 0 Å². The summed E-state index contributed by atoms with van der Waals surface area (Å²) in [5.41, 5.74) is 1.25. The normalized spacial score (nSPS) is 15.4. The molecule has 2 aromatic rings. The van der Waals surface area contributed by atoms with Gasteiger partial charge in [-0.2, -0.15) is 0 Å². The second-order valence-corrected chi connectivity index (χ2v) is 7.21. The first-order chi connectivity index (χ1) is 13.4. The quantitative estimate of drug-likeness (QED) is 0.377. The molecule has 0 atom stereocenters. The van der Waals surface area contributed by atoms with Crippen molar-refractivity contribution in [3.05, 3.63) is 73.6 Å². The van der Waals surface area contributed by atoms with Gasteiger partial charge in [0.15, 0.2) is 0 Å². The summed E-state index contributed by atoms with van der Waals surface area (Å²) in [5, 5.41) is 10.7. The molecule has 144 valence electrons. The molecule has 2 amide bonds. The lowest BCUT2D eigenvalue weighted by atomic mass is 10.2. The van der Waals surface area contributed by atoms with Crippen LogP contribution in [0.25, 0.3) is 6.08 Å². The molecule has 1 saturated heterocycles. The molecule has 1 aliphatic rings. The number of nitro benzene ring substituents is 1. The van der Waals surface area contributed by atoms with Crippen molar-refractivity contribution in [3.63, 3.8) is 0 Å². The van der Waals surface area contributed by atoms with Gasteiger partial charge >= 0.3 is 0 Å². The van der Waals surface area contributed by atoms with Crippen LogP contribution < -0.4 is 4.74 Å². The van der Waals surface area contributed by atoms with E-state index in [-0.39, 0.29) is 17.1 Å². The summed E-state index contributed by atoms with van der Waals surface area (Å²) in [6.45, 7) is 2.38. The molecule has 1 heterocycles. The molecule has 0 aliphatic carbocycles. The van der Waals surface area contributed by atoms with Gasteiger partial charge in [0, 0.05) is 12.1 Å². The van der Waals surface area contributed by atoms with E-state index in [0.29, 0.717) is 28.5 Å². The molecule has 0 aromatic heterocycles. The average molecular weight is 419 g/mol. The Balaban J connectivity index is 1.76. The molecule has 0 N–H and O–H groups in total. The second-order valence-electron chi connectivity index (χ2n) is 5.81. The number of nitro groups is 1. The number of halogens is 1. The van der Waals surface area contributed by atoms with E-state index >= 15 is 0 Å². The van der Waals surface area contributed by atoms with Crippen molar-refractivity contribution in [2.24, 2.45) is 0 Å². The number of carbonyl (C=O) groups is 2. The number of rotatable bonds is 6. The van der Waals surface area contributed by atoms with Gasteiger partial charge in [-0.15, -0.1) is 0 Å². The van der Waals surface area contributed by atoms with Crippen LogP contribution in [0.15, 0.2) is 47.4 Å². The number of nitrogens with zero attached hydrogens (tertiary/aromatic N) is 2. The number of imide groups is 1. The largest absolute Gasteiger partial charge is 0.492 e. The van der Waals surface area contributed by atoms with E-state index in [1.54, 1.807) is 24.3 Å². The Morgan fingerprint density at radius 1 is 1.21 bits per heavy atom. The third-order valence-electron chi connectivity index (χ3n) is 3.91. The lowest BCUT2D eigenvalue weighted by molar-refractivity contribution is -0.384. The van der Waals surface area contributed by atoms with E-state index < -0.39 is 16.1 Å². The molecule has 7 nitrogen and oxygen atoms in total. The number of hydrogen-bond acceptors (Lipinski definition) is 6. The molecule has 2 aromatic carbocycles. The van der Waals surface area contributed by atoms with Gasteiger partial charge in [0.25, 0.3) is 16.8 Å². The molecule has 1 aliphatic heterocycles. The summed E-state index contributed by atoms with van der Waals surface area (Å²) >= 11 is 7.00. The van der Waals surface area contributed by atoms with Crippen LogP contribution in [0.5, 0.6) is 5.75 Å². The molecule has 0 unspecified atom stereocenters. The fourth-order valence-electron chi connectivity index (χ4n) is 2.57. The Hall–Kier alpha value is -2.84. The third-order valence-corrected chi connectivity index (χ3v) is 5.12. The van der Waals surface area contributed by atoms with Crippen LogP contribution in [0, 0.1) is 10.1 Å². The fraction of sp³-hybridized carbons (Fsp3) is 0.158. The Kier molecular flexibility index (Phi) is 6.01. The molecule has 0 saturated carbocycles. The summed E-state index contributed by atoms with van der Waals surface area (Å²) in [7, 11) is 0. The van der Waals surface area contributed by atoms with Crippen LogP contribution in [0.3, 0.4) is 0 Å². The van der Waals surface area contributed by atoms with Crippen LogP contribution in [-0.2, 0) is 11.3 Å². The van der Waals surface area contributed by atoms with Crippen LogP contribution in [-0.4, -0.2) is 27.6 Å². The number of ether oxygens (including phenoxy) is 1. The maximum Gasteiger partial charge on any atom is 0.293 e. The molecule has 0 radical (unpaired) electrons. The number of thioether (sulfide) groups is 1. The highest BCUT2D eigenvalue weighted by Gasteiger charge is 2.35. The zero-order valence-corrected chi connectivity index (χ0v) is 16.3. The Labute approximate surface area is 170 Å². The predicted molar refractivity (Wildman–Crippen MR) is 107 cm³/mol. The molecule has 3 rings (SSSR count). The molecular weight excluding hydrogens is 404 g/mol. The predicted octanol–water partition coefficient (Wildman–Crippen LogP) is 4.88. The Morgan fingerprint density at radius 3 is 2.54 bits per heavy atom. The molecular formula is C19H15ClN2O5S. The minimum Gasteiger partial charge on any atom is -0.492 e. The van der Waals surface area contributed by atoms with Crippen molar-refractivity contribution in [1.82, 2.24) is 4.90 Å². The van der Waals surface area contributed by atoms with Crippen LogP contribution in [0.2, 0.25) is 5.02 Å². The number of benzene rings is 2. The van der Waals surface area contributed by atoms with Gasteiger partial charge in [0.2, 0.25) is 0 Å². The average Bonchev–Trinajstić information content (AvgIpc) is 2.92. The Bertz CT molecular complexity index is 975. The molecule has 1 fully saturated rings. The summed E-state index contributed by atoms with van der Waals surface area (Å²) in [5.74, 6) is 0.131. The maximum absolute atomic E-state index is 12.6. The molecule has 0 bridgehead atoms. The van der Waals surface area contributed by atoms with Crippen LogP contribution >= 0.6 is 23.4 Å². The van der Waals surface area contributed by atoms with E-state index in [0.717, 1.165) is 16.7 Å². The number of non-ortho nitro benzene ring substituents is 1. The molecule has 0 spiro atoms. The highest BCUT2D eigenvalue weighted by molar-refractivity contribution is 8.18. The van der Waals surface area contributed by atoms with E-state index in [4.69, 9.17) is 16.3 Å². The number of hydrogen-bond donors (Lipinski definition) is 0. The zero-order valence-electron chi connectivity index (χ0n) is 14.8.